The van der Waals surface area contributed by atoms with Crippen molar-refractivity contribution in [3.05, 3.63) is 29.6 Å². The number of guanidine groups is 1. The molecule has 23 heavy (non-hydrogen) atoms. The number of nitrogens with zero attached hydrogens (tertiary/aromatic N) is 2. The predicted molar refractivity (Wildman–Crippen MR) is 91.6 cm³/mol. The highest BCUT2D eigenvalue weighted by Gasteiger charge is 2.22. The van der Waals surface area contributed by atoms with E-state index >= 15 is 0 Å². The molecule has 2 rings (SSSR count). The minimum Gasteiger partial charge on any atom is -0.382 e. The van der Waals surface area contributed by atoms with Gasteiger partial charge in [0.15, 0.2) is 5.96 Å². The van der Waals surface area contributed by atoms with Gasteiger partial charge in [0.05, 0.1) is 19.3 Å². The van der Waals surface area contributed by atoms with Crippen molar-refractivity contribution in [2.75, 3.05) is 46.7 Å². The van der Waals surface area contributed by atoms with Crippen LogP contribution in [0.3, 0.4) is 0 Å². The van der Waals surface area contributed by atoms with Gasteiger partial charge in [0, 0.05) is 38.7 Å². The highest BCUT2D eigenvalue weighted by molar-refractivity contribution is 7.98. The van der Waals surface area contributed by atoms with E-state index in [2.05, 4.69) is 15.2 Å². The maximum absolute atomic E-state index is 13.5. The quantitative estimate of drug-likeness (QED) is 0.504. The number of benzene rings is 1. The molecule has 5 nitrogen and oxygen atoms in total. The molecule has 0 aliphatic carbocycles. The Morgan fingerprint density at radius 1 is 1.57 bits per heavy atom. The molecule has 0 aromatic heterocycles. The Labute approximate surface area is 141 Å². The predicted octanol–water partition coefficient (Wildman–Crippen LogP) is 1.97. The van der Waals surface area contributed by atoms with Crippen molar-refractivity contribution in [3.63, 3.8) is 0 Å². The summed E-state index contributed by atoms with van der Waals surface area (Å²) in [6.07, 6.45) is 2.03. The Kier molecular flexibility index (Phi) is 7.14. The van der Waals surface area contributed by atoms with E-state index in [-0.39, 0.29) is 11.9 Å². The molecule has 1 aromatic carbocycles. The summed E-state index contributed by atoms with van der Waals surface area (Å²) in [4.78, 5) is 7.54. The van der Waals surface area contributed by atoms with E-state index in [1.165, 1.54) is 6.07 Å². The minimum atomic E-state index is -0.221. The zero-order valence-corrected chi connectivity index (χ0v) is 14.7. The van der Waals surface area contributed by atoms with Crippen LogP contribution in [-0.4, -0.2) is 63.7 Å². The van der Waals surface area contributed by atoms with E-state index in [1.807, 2.05) is 12.3 Å². The highest BCUT2D eigenvalue weighted by Crippen LogP contribution is 2.21. The van der Waals surface area contributed by atoms with Gasteiger partial charge in [-0.1, -0.05) is 0 Å². The molecule has 7 heteroatoms. The smallest absolute Gasteiger partial charge is 0.194 e. The Morgan fingerprint density at radius 2 is 2.39 bits per heavy atom. The molecule has 1 unspecified atom stereocenters. The van der Waals surface area contributed by atoms with Gasteiger partial charge in [-0.05, 0) is 30.0 Å². The lowest BCUT2D eigenvalue weighted by Crippen LogP contribution is -2.51. The normalized spacial score (nSPS) is 19.0. The van der Waals surface area contributed by atoms with Gasteiger partial charge >= 0.3 is 0 Å². The van der Waals surface area contributed by atoms with Gasteiger partial charge in [-0.3, -0.25) is 4.99 Å². The summed E-state index contributed by atoms with van der Waals surface area (Å²) < 4.78 is 24.3. The standard InChI is InChI=1S/C16H24FN3O2S/c1-18-16(20-6-7-22-14(10-20)11-21-2)19-9-12-8-13(17)4-5-15(12)23-3/h4-5,8,14H,6-7,9-11H2,1-3H3,(H,18,19). The van der Waals surface area contributed by atoms with Gasteiger partial charge in [-0.25, -0.2) is 4.39 Å². The summed E-state index contributed by atoms with van der Waals surface area (Å²) in [6, 6.07) is 4.86. The van der Waals surface area contributed by atoms with Gasteiger partial charge in [0.1, 0.15) is 5.82 Å². The van der Waals surface area contributed by atoms with Crippen molar-refractivity contribution in [3.8, 4) is 0 Å². The Balaban J connectivity index is 1.99. The molecule has 128 valence electrons. The largest absolute Gasteiger partial charge is 0.382 e. The summed E-state index contributed by atoms with van der Waals surface area (Å²) in [5, 5.41) is 3.32. The lowest BCUT2D eigenvalue weighted by molar-refractivity contribution is -0.0447. The highest BCUT2D eigenvalue weighted by atomic mass is 32.2. The molecule has 1 aliphatic heterocycles. The van der Waals surface area contributed by atoms with Gasteiger partial charge in [-0.15, -0.1) is 11.8 Å². The lowest BCUT2D eigenvalue weighted by atomic mass is 10.2. The molecule has 1 atom stereocenters. The fraction of sp³-hybridized carbons (Fsp3) is 0.562. The first kappa shape index (κ1) is 18.0. The first-order valence-electron chi connectivity index (χ1n) is 7.56. The van der Waals surface area contributed by atoms with Gasteiger partial charge in [0.25, 0.3) is 0 Å². The number of thioether (sulfide) groups is 1. The van der Waals surface area contributed by atoms with E-state index in [9.17, 15) is 4.39 Å². The van der Waals surface area contributed by atoms with Crippen molar-refractivity contribution >= 4 is 17.7 Å². The van der Waals surface area contributed by atoms with Crippen LogP contribution >= 0.6 is 11.8 Å². The second kappa shape index (κ2) is 9.10. The molecular weight excluding hydrogens is 317 g/mol. The number of aliphatic imine (C=N–C) groups is 1. The van der Waals surface area contributed by atoms with E-state index in [0.29, 0.717) is 19.8 Å². The summed E-state index contributed by atoms with van der Waals surface area (Å²) in [5.41, 5.74) is 0.931. The Bertz CT molecular complexity index is 540. The summed E-state index contributed by atoms with van der Waals surface area (Å²) in [6.45, 7) is 3.25. The van der Waals surface area contributed by atoms with E-state index in [0.717, 1.165) is 29.5 Å². The van der Waals surface area contributed by atoms with E-state index in [1.54, 1.807) is 32.0 Å². The summed E-state index contributed by atoms with van der Waals surface area (Å²) in [5.74, 6) is 0.576. The topological polar surface area (TPSA) is 46.1 Å². The van der Waals surface area contributed by atoms with Crippen LogP contribution < -0.4 is 5.32 Å². The molecule has 0 radical (unpaired) electrons. The second-order valence-electron chi connectivity index (χ2n) is 5.25. The molecule has 1 aliphatic rings. The third kappa shape index (κ3) is 5.09. The molecule has 1 heterocycles. The van der Waals surface area contributed by atoms with E-state index in [4.69, 9.17) is 9.47 Å². The number of hydrogen-bond donors (Lipinski definition) is 1. The summed E-state index contributed by atoms with van der Waals surface area (Å²) >= 11 is 1.61. The number of halogens is 1. The number of nitrogens with one attached hydrogen (secondary N) is 1. The molecule has 1 aromatic rings. The van der Waals surface area contributed by atoms with Crippen molar-refractivity contribution in [2.45, 2.75) is 17.5 Å². The Hall–Kier alpha value is -1.31. The first-order chi connectivity index (χ1) is 11.2. The first-order valence-corrected chi connectivity index (χ1v) is 8.79. The van der Waals surface area contributed by atoms with Crippen LogP contribution in [0.25, 0.3) is 0 Å². The molecule has 0 saturated carbocycles. The van der Waals surface area contributed by atoms with Crippen LogP contribution in [0.2, 0.25) is 0 Å². The zero-order valence-electron chi connectivity index (χ0n) is 13.8. The van der Waals surface area contributed by atoms with Gasteiger partial charge < -0.3 is 19.7 Å². The van der Waals surface area contributed by atoms with Crippen LogP contribution in [-0.2, 0) is 16.0 Å². The average molecular weight is 341 g/mol. The van der Waals surface area contributed by atoms with Crippen LogP contribution in [0.5, 0.6) is 0 Å². The van der Waals surface area contributed by atoms with Gasteiger partial charge in [-0.2, -0.15) is 0 Å². The SMILES string of the molecule is CN=C(NCc1cc(F)ccc1SC)N1CCOC(COC)C1. The second-order valence-corrected chi connectivity index (χ2v) is 6.10. The van der Waals surface area contributed by atoms with E-state index < -0.39 is 0 Å². The van der Waals surface area contributed by atoms with Crippen molar-refractivity contribution in [1.82, 2.24) is 10.2 Å². The zero-order chi connectivity index (χ0) is 16.7. The summed E-state index contributed by atoms with van der Waals surface area (Å²) in [7, 11) is 3.42. The third-order valence-electron chi connectivity index (χ3n) is 3.68. The van der Waals surface area contributed by atoms with Crippen molar-refractivity contribution < 1.29 is 13.9 Å². The fourth-order valence-electron chi connectivity index (χ4n) is 2.59. The number of hydrogen-bond acceptors (Lipinski definition) is 4. The fourth-order valence-corrected chi connectivity index (χ4v) is 3.19. The molecule has 1 fully saturated rings. The molecule has 1 saturated heterocycles. The van der Waals surface area contributed by atoms with Crippen LogP contribution in [0.1, 0.15) is 5.56 Å². The van der Waals surface area contributed by atoms with Crippen molar-refractivity contribution in [1.29, 1.82) is 0 Å². The maximum Gasteiger partial charge on any atom is 0.194 e. The number of ether oxygens (including phenoxy) is 2. The van der Waals surface area contributed by atoms with Crippen LogP contribution in [0.4, 0.5) is 4.39 Å². The average Bonchev–Trinajstić information content (AvgIpc) is 2.56. The molecular formula is C16H24FN3O2S. The third-order valence-corrected chi connectivity index (χ3v) is 4.52. The van der Waals surface area contributed by atoms with Gasteiger partial charge in [0.2, 0.25) is 0 Å². The monoisotopic (exact) mass is 341 g/mol. The number of rotatable bonds is 5. The van der Waals surface area contributed by atoms with Crippen LogP contribution in [0.15, 0.2) is 28.1 Å². The Morgan fingerprint density at radius 3 is 3.09 bits per heavy atom. The molecule has 0 spiro atoms. The maximum atomic E-state index is 13.5. The number of methoxy groups -OCH3 is 1. The lowest BCUT2D eigenvalue weighted by Gasteiger charge is -2.34. The molecule has 1 N–H and O–H groups in total. The van der Waals surface area contributed by atoms with Crippen LogP contribution in [0, 0.1) is 5.82 Å². The van der Waals surface area contributed by atoms with Crippen molar-refractivity contribution in [2.24, 2.45) is 4.99 Å². The molecule has 0 amide bonds. The minimum absolute atomic E-state index is 0.0447. The number of morpholine rings is 1. The molecule has 0 bridgehead atoms.